The van der Waals surface area contributed by atoms with Crippen LogP contribution >= 0.6 is 0 Å². The van der Waals surface area contributed by atoms with Crippen molar-refractivity contribution in [1.29, 1.82) is 0 Å². The van der Waals surface area contributed by atoms with Crippen molar-refractivity contribution in [3.8, 4) is 11.3 Å². The van der Waals surface area contributed by atoms with Crippen LogP contribution in [0.1, 0.15) is 16.2 Å². The number of nitrogens with two attached hydrogens (primary N) is 1. The third-order valence-corrected chi connectivity index (χ3v) is 2.26. The van der Waals surface area contributed by atoms with Gasteiger partial charge in [-0.1, -0.05) is 30.3 Å². The zero-order valence-corrected chi connectivity index (χ0v) is 11.0. The summed E-state index contributed by atoms with van der Waals surface area (Å²) in [6.45, 7) is 0.351. The maximum absolute atomic E-state index is 10.6. The smallest absolute Gasteiger partial charge is 0.193 e. The van der Waals surface area contributed by atoms with E-state index in [0.29, 0.717) is 12.8 Å². The third kappa shape index (κ3) is 4.24. The van der Waals surface area contributed by atoms with Crippen LogP contribution in [0.25, 0.3) is 11.3 Å². The summed E-state index contributed by atoms with van der Waals surface area (Å²) in [4.78, 5) is 18.7. The van der Waals surface area contributed by atoms with Crippen molar-refractivity contribution in [2.45, 2.75) is 6.54 Å². The van der Waals surface area contributed by atoms with Crippen molar-refractivity contribution in [1.82, 2.24) is 9.97 Å². The molecule has 2 aromatic rings. The Morgan fingerprint density at radius 1 is 1.26 bits per heavy atom. The van der Waals surface area contributed by atoms with E-state index in [1.54, 1.807) is 20.4 Å². The van der Waals surface area contributed by atoms with Gasteiger partial charge in [0.25, 0.3) is 0 Å². The van der Waals surface area contributed by atoms with E-state index in [9.17, 15) is 4.79 Å². The molecule has 0 fully saturated rings. The average Bonchev–Trinajstić information content (AvgIpc) is 2.48. The highest BCUT2D eigenvalue weighted by atomic mass is 16.4. The van der Waals surface area contributed by atoms with Crippen LogP contribution in [-0.2, 0) is 11.3 Å². The van der Waals surface area contributed by atoms with Gasteiger partial charge in [-0.2, -0.15) is 0 Å². The van der Waals surface area contributed by atoms with E-state index >= 15 is 0 Å². The largest absolute Gasteiger partial charge is 0.388 e. The number of carbonyl (C=O) groups is 1. The molecule has 0 bridgehead atoms. The summed E-state index contributed by atoms with van der Waals surface area (Å²) < 4.78 is 4.25. The summed E-state index contributed by atoms with van der Waals surface area (Å²) in [5, 5.41) is 0. The van der Waals surface area contributed by atoms with Crippen LogP contribution in [0.5, 0.6) is 0 Å². The lowest BCUT2D eigenvalue weighted by molar-refractivity contribution is 0.111. The summed E-state index contributed by atoms with van der Waals surface area (Å²) in [6.07, 6.45) is 2.23. The molecule has 0 aliphatic carbocycles. The number of rotatable bonds is 3. The first-order valence-electron chi connectivity index (χ1n) is 5.73. The molecule has 2 rings (SSSR count). The molecule has 1 aromatic carbocycles. The molecule has 0 saturated carbocycles. The van der Waals surface area contributed by atoms with Crippen LogP contribution in [0.2, 0.25) is 0 Å². The van der Waals surface area contributed by atoms with E-state index in [4.69, 9.17) is 5.73 Å². The van der Waals surface area contributed by atoms with E-state index in [-0.39, 0.29) is 5.82 Å². The molecule has 0 amide bonds. The summed E-state index contributed by atoms with van der Waals surface area (Å²) in [7, 11) is 3.25. The lowest BCUT2D eigenvalue weighted by Gasteiger charge is -2.06. The Hall–Kier alpha value is -2.11. The van der Waals surface area contributed by atoms with Gasteiger partial charge in [-0.05, 0) is 0 Å². The number of aldehydes is 1. The Balaban J connectivity index is 0.000000550. The summed E-state index contributed by atoms with van der Waals surface area (Å²) in [6, 6.07) is 9.61. The fourth-order valence-corrected chi connectivity index (χ4v) is 1.47. The van der Waals surface area contributed by atoms with Crippen LogP contribution in [0.3, 0.4) is 0 Å². The third-order valence-electron chi connectivity index (χ3n) is 2.26. The van der Waals surface area contributed by atoms with Gasteiger partial charge >= 0.3 is 0 Å². The number of nitrogens with zero attached hydrogens (tertiary/aromatic N) is 2. The van der Waals surface area contributed by atoms with Crippen molar-refractivity contribution in [3.05, 3.63) is 47.9 Å². The fourth-order valence-electron chi connectivity index (χ4n) is 1.47. The fraction of sp³-hybridized carbons (Fsp3) is 0.214. The summed E-state index contributed by atoms with van der Waals surface area (Å²) in [5.41, 5.74) is 8.10. The first kappa shape index (κ1) is 14.9. The van der Waals surface area contributed by atoms with Gasteiger partial charge in [0.05, 0.1) is 5.69 Å². The van der Waals surface area contributed by atoms with Crippen molar-refractivity contribution < 1.29 is 9.53 Å². The van der Waals surface area contributed by atoms with Gasteiger partial charge in [0.15, 0.2) is 12.1 Å². The Labute approximate surface area is 112 Å². The normalized spacial score (nSPS) is 9.42. The highest BCUT2D eigenvalue weighted by Gasteiger charge is 2.07. The van der Waals surface area contributed by atoms with Crippen LogP contribution < -0.4 is 5.73 Å². The maximum Gasteiger partial charge on any atom is 0.193 e. The number of methoxy groups -OCH3 is 1. The van der Waals surface area contributed by atoms with Crippen LogP contribution in [0.4, 0.5) is 0 Å². The van der Waals surface area contributed by atoms with Gasteiger partial charge < -0.3 is 10.5 Å². The Kier molecular flexibility index (Phi) is 6.35. The molecule has 100 valence electrons. The standard InChI is InChI=1S/C12H11N3O.C2H6O/c13-6-10-7-14-11(8-16)15-12(10)9-4-2-1-3-5-9;1-3-2/h1-5,7-8H,6,13H2;1-2H3. The number of aromatic nitrogens is 2. The minimum Gasteiger partial charge on any atom is -0.388 e. The van der Waals surface area contributed by atoms with Crippen molar-refractivity contribution in [2.24, 2.45) is 5.73 Å². The monoisotopic (exact) mass is 259 g/mol. The molecular formula is C14H17N3O2. The Morgan fingerprint density at radius 2 is 1.89 bits per heavy atom. The predicted octanol–water partition coefficient (Wildman–Crippen LogP) is 1.68. The highest BCUT2D eigenvalue weighted by Crippen LogP contribution is 2.20. The van der Waals surface area contributed by atoms with E-state index in [0.717, 1.165) is 16.8 Å². The molecule has 0 atom stereocenters. The van der Waals surface area contributed by atoms with Crippen LogP contribution in [0.15, 0.2) is 36.5 Å². The van der Waals surface area contributed by atoms with Gasteiger partial charge in [0.2, 0.25) is 0 Å². The number of hydrogen-bond acceptors (Lipinski definition) is 5. The van der Waals surface area contributed by atoms with E-state index in [1.165, 1.54) is 0 Å². The average molecular weight is 259 g/mol. The summed E-state index contributed by atoms with van der Waals surface area (Å²) >= 11 is 0. The molecule has 1 heterocycles. The Bertz CT molecular complexity index is 515. The molecule has 0 saturated heterocycles. The minimum atomic E-state index is 0.177. The predicted molar refractivity (Wildman–Crippen MR) is 73.7 cm³/mol. The molecular weight excluding hydrogens is 242 g/mol. The van der Waals surface area contributed by atoms with Gasteiger partial charge in [-0.15, -0.1) is 0 Å². The first-order chi connectivity index (χ1) is 9.26. The zero-order chi connectivity index (χ0) is 14.1. The van der Waals surface area contributed by atoms with Gasteiger partial charge in [0.1, 0.15) is 0 Å². The molecule has 0 unspecified atom stereocenters. The lowest BCUT2D eigenvalue weighted by atomic mass is 10.1. The van der Waals surface area contributed by atoms with Crippen LogP contribution in [0, 0.1) is 0 Å². The van der Waals surface area contributed by atoms with Gasteiger partial charge in [-0.3, -0.25) is 4.79 Å². The second-order valence-electron chi connectivity index (χ2n) is 3.70. The zero-order valence-electron chi connectivity index (χ0n) is 11.0. The topological polar surface area (TPSA) is 78.1 Å². The maximum atomic E-state index is 10.6. The van der Waals surface area contributed by atoms with Crippen molar-refractivity contribution >= 4 is 6.29 Å². The molecule has 0 radical (unpaired) electrons. The molecule has 0 aliphatic rings. The van der Waals surface area contributed by atoms with E-state index in [2.05, 4.69) is 14.7 Å². The molecule has 2 N–H and O–H groups in total. The first-order valence-corrected chi connectivity index (χ1v) is 5.73. The van der Waals surface area contributed by atoms with E-state index in [1.807, 2.05) is 30.3 Å². The van der Waals surface area contributed by atoms with E-state index < -0.39 is 0 Å². The van der Waals surface area contributed by atoms with Crippen molar-refractivity contribution in [3.63, 3.8) is 0 Å². The number of ether oxygens (including phenoxy) is 1. The quantitative estimate of drug-likeness (QED) is 0.848. The number of benzene rings is 1. The molecule has 1 aromatic heterocycles. The minimum absolute atomic E-state index is 0.177. The SMILES string of the molecule is COC.NCc1cnc(C=O)nc1-c1ccccc1. The second kappa shape index (κ2) is 8.07. The van der Waals surface area contributed by atoms with Crippen molar-refractivity contribution in [2.75, 3.05) is 14.2 Å². The second-order valence-corrected chi connectivity index (χ2v) is 3.70. The molecule has 5 heteroatoms. The summed E-state index contributed by atoms with van der Waals surface area (Å²) in [5.74, 6) is 0.177. The lowest BCUT2D eigenvalue weighted by Crippen LogP contribution is -2.04. The van der Waals surface area contributed by atoms with Crippen LogP contribution in [-0.4, -0.2) is 30.5 Å². The van der Waals surface area contributed by atoms with Gasteiger partial charge in [0, 0.05) is 38.1 Å². The molecule has 19 heavy (non-hydrogen) atoms. The Morgan fingerprint density at radius 3 is 2.42 bits per heavy atom. The highest BCUT2D eigenvalue weighted by molar-refractivity contribution is 5.72. The van der Waals surface area contributed by atoms with Gasteiger partial charge in [-0.25, -0.2) is 9.97 Å². The number of hydrogen-bond donors (Lipinski definition) is 1. The number of carbonyl (C=O) groups excluding carboxylic acids is 1. The molecule has 0 aliphatic heterocycles. The molecule has 5 nitrogen and oxygen atoms in total. The molecule has 0 spiro atoms.